The number of likely N-dealkylation sites (N-methyl/N-ethyl adjacent to an activating group) is 1. The second kappa shape index (κ2) is 15.1. The Morgan fingerprint density at radius 3 is 2.51 bits per heavy atom. The molecule has 2 amide bonds. The number of hydrogen-bond acceptors (Lipinski definition) is 6. The van der Waals surface area contributed by atoms with E-state index < -0.39 is 12.1 Å². The molecule has 1 saturated carbocycles. The maximum atomic E-state index is 13.8. The Morgan fingerprint density at radius 1 is 1.12 bits per heavy atom. The highest BCUT2D eigenvalue weighted by Gasteiger charge is 2.33. The van der Waals surface area contributed by atoms with E-state index in [1.54, 1.807) is 24.4 Å². The maximum Gasteiger partial charge on any atom is 0.408 e. The topological polar surface area (TPSA) is 84.0 Å². The molecule has 8 nitrogen and oxygen atoms in total. The van der Waals surface area contributed by atoms with Crippen LogP contribution in [0.25, 0.3) is 0 Å². The lowest BCUT2D eigenvalue weighted by atomic mass is 9.91. The monoisotopic (exact) mass is 604 g/mol. The van der Waals surface area contributed by atoms with Gasteiger partial charge in [0.15, 0.2) is 0 Å². The fourth-order valence-corrected chi connectivity index (χ4v) is 6.17. The summed E-state index contributed by atoms with van der Waals surface area (Å²) >= 11 is 12.5. The normalized spacial score (nSPS) is 17.9. The van der Waals surface area contributed by atoms with Crippen molar-refractivity contribution in [1.29, 1.82) is 0 Å². The Bertz CT molecular complexity index is 1170. The Balaban J connectivity index is 1.41. The van der Waals surface area contributed by atoms with Crippen molar-refractivity contribution in [3.05, 3.63) is 57.8 Å². The first kappa shape index (κ1) is 31.4. The number of rotatable bonds is 11. The van der Waals surface area contributed by atoms with Crippen molar-refractivity contribution >= 4 is 35.2 Å². The average Bonchev–Trinajstić information content (AvgIpc) is 3.47. The first-order chi connectivity index (χ1) is 19.7. The van der Waals surface area contributed by atoms with Crippen LogP contribution in [0.15, 0.2) is 36.5 Å². The minimum absolute atomic E-state index is 0.0965. The highest BCUT2D eigenvalue weighted by atomic mass is 35.5. The number of likely N-dealkylation sites (tertiary alicyclic amines) is 1. The lowest BCUT2D eigenvalue weighted by molar-refractivity contribution is -0.134. The molecule has 1 aromatic heterocycles. The third-order valence-electron chi connectivity index (χ3n) is 8.23. The van der Waals surface area contributed by atoms with Crippen molar-refractivity contribution in [2.24, 2.45) is 0 Å². The number of amides is 2. The number of hydrogen-bond donors (Lipinski definition) is 1. The second-order valence-electron chi connectivity index (χ2n) is 11.3. The lowest BCUT2D eigenvalue weighted by Crippen LogP contribution is -2.52. The van der Waals surface area contributed by atoms with E-state index in [0.717, 1.165) is 62.0 Å². The highest BCUT2D eigenvalue weighted by molar-refractivity contribution is 6.35. The van der Waals surface area contributed by atoms with Gasteiger partial charge in [-0.3, -0.25) is 9.78 Å². The number of carbonyl (C=O) groups is 2. The Kier molecular flexibility index (Phi) is 11.5. The minimum Gasteiger partial charge on any atom is -0.490 e. The first-order valence-electron chi connectivity index (χ1n) is 14.7. The van der Waals surface area contributed by atoms with Crippen LogP contribution in [0.2, 0.25) is 10.0 Å². The molecule has 1 aliphatic carbocycles. The van der Waals surface area contributed by atoms with Gasteiger partial charge in [0.25, 0.3) is 0 Å². The number of nitrogens with one attached hydrogen (secondary N) is 1. The molecule has 0 bridgehead atoms. The van der Waals surface area contributed by atoms with Crippen LogP contribution < -0.4 is 10.1 Å². The molecule has 1 N–H and O–H groups in total. The summed E-state index contributed by atoms with van der Waals surface area (Å²) in [6.07, 6.45) is 7.71. The highest BCUT2D eigenvalue weighted by Crippen LogP contribution is 2.33. The van der Waals surface area contributed by atoms with Crippen molar-refractivity contribution in [2.75, 3.05) is 33.8 Å². The van der Waals surface area contributed by atoms with Gasteiger partial charge in [-0.25, -0.2) is 4.79 Å². The summed E-state index contributed by atoms with van der Waals surface area (Å²) in [5.41, 5.74) is 1.68. The Morgan fingerprint density at radius 2 is 1.85 bits per heavy atom. The standard InChI is InChI=1S/C31H42Cl2N4O4/c1-4-24(36(2)3)20-40-28-10-7-15-34-29(28)21-13-16-37(17-14-21)30(38)27(18-22-11-12-23(32)19-26(22)33)35-31(39)41-25-8-5-6-9-25/h7,10-12,15,19,21,24-25,27H,4-6,8-9,13-14,16-18,20H2,1-3H3,(H,35,39). The summed E-state index contributed by atoms with van der Waals surface area (Å²) in [7, 11) is 4.12. The molecule has 1 saturated heterocycles. The molecule has 1 aromatic carbocycles. The van der Waals surface area contributed by atoms with Crippen molar-refractivity contribution in [1.82, 2.24) is 20.1 Å². The summed E-state index contributed by atoms with van der Waals surface area (Å²) in [4.78, 5) is 35.2. The zero-order chi connectivity index (χ0) is 29.4. The Labute approximate surface area is 253 Å². The van der Waals surface area contributed by atoms with Gasteiger partial charge in [-0.1, -0.05) is 36.2 Å². The van der Waals surface area contributed by atoms with E-state index in [-0.39, 0.29) is 24.3 Å². The molecule has 0 radical (unpaired) electrons. The van der Waals surface area contributed by atoms with Crippen LogP contribution in [0.5, 0.6) is 5.75 Å². The van der Waals surface area contributed by atoms with Gasteiger partial charge < -0.3 is 24.6 Å². The molecule has 2 atom stereocenters. The quantitative estimate of drug-likeness (QED) is 0.334. The van der Waals surface area contributed by atoms with Gasteiger partial charge in [0, 0.05) is 47.7 Å². The number of piperidine rings is 1. The molecular formula is C31H42Cl2N4O4. The van der Waals surface area contributed by atoms with Gasteiger partial charge in [0.1, 0.15) is 24.5 Å². The van der Waals surface area contributed by atoms with Gasteiger partial charge in [-0.05, 0) is 88.9 Å². The minimum atomic E-state index is -0.801. The summed E-state index contributed by atoms with van der Waals surface area (Å²) in [5, 5.41) is 3.82. The molecule has 224 valence electrons. The molecule has 1 aliphatic heterocycles. The fourth-order valence-electron chi connectivity index (χ4n) is 5.68. The molecule has 0 spiro atoms. The van der Waals surface area contributed by atoms with E-state index >= 15 is 0 Å². The number of nitrogens with zero attached hydrogens (tertiary/aromatic N) is 3. The number of ether oxygens (including phenoxy) is 2. The molecule has 10 heteroatoms. The van der Waals surface area contributed by atoms with Crippen molar-refractivity contribution < 1.29 is 19.1 Å². The third-order valence-corrected chi connectivity index (χ3v) is 8.82. The predicted octanol–water partition coefficient (Wildman–Crippen LogP) is 6.09. The number of halogens is 2. The Hall–Kier alpha value is -2.55. The van der Waals surface area contributed by atoms with E-state index in [1.165, 1.54) is 0 Å². The van der Waals surface area contributed by atoms with Crippen LogP contribution in [-0.2, 0) is 16.0 Å². The van der Waals surface area contributed by atoms with Crippen LogP contribution in [0.4, 0.5) is 4.79 Å². The van der Waals surface area contributed by atoms with Gasteiger partial charge in [-0.15, -0.1) is 0 Å². The summed E-state index contributed by atoms with van der Waals surface area (Å²) < 4.78 is 11.9. The molecular weight excluding hydrogens is 563 g/mol. The van der Waals surface area contributed by atoms with Gasteiger partial charge in [0.2, 0.25) is 5.91 Å². The van der Waals surface area contributed by atoms with Crippen LogP contribution in [0, 0.1) is 0 Å². The molecule has 4 rings (SSSR count). The summed E-state index contributed by atoms with van der Waals surface area (Å²) in [6.45, 7) is 3.86. The van der Waals surface area contributed by atoms with Crippen LogP contribution in [-0.4, -0.2) is 78.8 Å². The smallest absolute Gasteiger partial charge is 0.408 e. The molecule has 2 unspecified atom stereocenters. The van der Waals surface area contributed by atoms with Gasteiger partial charge >= 0.3 is 6.09 Å². The first-order valence-corrected chi connectivity index (χ1v) is 15.4. The van der Waals surface area contributed by atoms with Crippen molar-refractivity contribution in [3.63, 3.8) is 0 Å². The predicted molar refractivity (Wildman–Crippen MR) is 162 cm³/mol. The van der Waals surface area contributed by atoms with Crippen molar-refractivity contribution in [2.45, 2.75) is 82.4 Å². The average molecular weight is 606 g/mol. The fraction of sp³-hybridized carbons (Fsp3) is 0.581. The molecule has 41 heavy (non-hydrogen) atoms. The van der Waals surface area contributed by atoms with E-state index in [9.17, 15) is 9.59 Å². The molecule has 2 fully saturated rings. The van der Waals surface area contributed by atoms with Crippen molar-refractivity contribution in [3.8, 4) is 5.75 Å². The largest absolute Gasteiger partial charge is 0.490 e. The molecule has 2 aromatic rings. The zero-order valence-corrected chi connectivity index (χ0v) is 25.8. The summed E-state index contributed by atoms with van der Waals surface area (Å²) in [6, 6.07) is 8.58. The second-order valence-corrected chi connectivity index (χ2v) is 12.1. The number of alkyl carbamates (subject to hydrolysis) is 1. The van der Waals surface area contributed by atoms with Crippen LogP contribution >= 0.6 is 23.2 Å². The van der Waals surface area contributed by atoms with E-state index in [2.05, 4.69) is 36.2 Å². The summed E-state index contributed by atoms with van der Waals surface area (Å²) in [5.74, 6) is 0.843. The number of benzene rings is 1. The number of aromatic nitrogens is 1. The van der Waals surface area contributed by atoms with E-state index in [0.29, 0.717) is 35.8 Å². The van der Waals surface area contributed by atoms with Gasteiger partial charge in [0.05, 0.1) is 5.69 Å². The number of pyridine rings is 1. The van der Waals surface area contributed by atoms with E-state index in [4.69, 9.17) is 32.7 Å². The molecule has 2 heterocycles. The van der Waals surface area contributed by atoms with Gasteiger partial charge in [-0.2, -0.15) is 0 Å². The maximum absolute atomic E-state index is 13.8. The lowest BCUT2D eigenvalue weighted by Gasteiger charge is -2.35. The zero-order valence-electron chi connectivity index (χ0n) is 24.3. The molecule has 2 aliphatic rings. The number of carbonyl (C=O) groups excluding carboxylic acids is 2. The van der Waals surface area contributed by atoms with E-state index in [1.807, 2.05) is 17.0 Å². The third kappa shape index (κ3) is 8.72. The SMILES string of the molecule is CCC(COc1cccnc1C1CCN(C(=O)C(Cc2ccc(Cl)cc2Cl)NC(=O)OC2CCCC2)CC1)N(C)C. The van der Waals surface area contributed by atoms with Crippen LogP contribution in [0.1, 0.15) is 69.0 Å². The van der Waals surface area contributed by atoms with Crippen LogP contribution in [0.3, 0.4) is 0 Å².